The van der Waals surface area contributed by atoms with E-state index in [9.17, 15) is 9.59 Å². The molecule has 4 rings (SSSR count). The summed E-state index contributed by atoms with van der Waals surface area (Å²) >= 11 is 6.12. The SMILES string of the molecule is Cc1ccc(Cl)cc1NC(=O)C12CCC(C)(C(=NNc3ccccc3)C1=O)C2(C)C. The topological polar surface area (TPSA) is 70.6 Å². The Balaban J connectivity index is 1.71. The largest absolute Gasteiger partial charge is 0.325 e. The first-order chi connectivity index (χ1) is 14.1. The quantitative estimate of drug-likeness (QED) is 0.507. The van der Waals surface area contributed by atoms with Crippen LogP contribution in [-0.2, 0) is 9.59 Å². The van der Waals surface area contributed by atoms with E-state index < -0.39 is 16.2 Å². The fourth-order valence-corrected chi connectivity index (χ4v) is 5.24. The van der Waals surface area contributed by atoms with Crippen LogP contribution >= 0.6 is 11.6 Å². The van der Waals surface area contributed by atoms with Gasteiger partial charge in [-0.1, -0.05) is 56.6 Å². The van der Waals surface area contributed by atoms with Gasteiger partial charge in [0.15, 0.2) is 5.78 Å². The van der Waals surface area contributed by atoms with Gasteiger partial charge in [-0.3, -0.25) is 15.0 Å². The van der Waals surface area contributed by atoms with E-state index in [4.69, 9.17) is 11.6 Å². The zero-order chi connectivity index (χ0) is 21.7. The third-order valence-electron chi connectivity index (χ3n) is 7.48. The minimum absolute atomic E-state index is 0.193. The zero-order valence-electron chi connectivity index (χ0n) is 17.7. The van der Waals surface area contributed by atoms with Gasteiger partial charge in [-0.25, -0.2) is 0 Å². The summed E-state index contributed by atoms with van der Waals surface area (Å²) in [6.45, 7) is 7.96. The van der Waals surface area contributed by atoms with Crippen LogP contribution in [0.2, 0.25) is 5.02 Å². The molecule has 156 valence electrons. The summed E-state index contributed by atoms with van der Waals surface area (Å²) in [5.74, 6) is -0.474. The average Bonchev–Trinajstić information content (AvgIpc) is 2.99. The lowest BCUT2D eigenvalue weighted by molar-refractivity contribution is -0.140. The molecule has 2 aromatic rings. The number of halogens is 1. The Morgan fingerprint density at radius 3 is 2.47 bits per heavy atom. The minimum atomic E-state index is -1.16. The molecule has 0 radical (unpaired) electrons. The summed E-state index contributed by atoms with van der Waals surface area (Å²) in [6.07, 6.45) is 1.23. The highest BCUT2D eigenvalue weighted by molar-refractivity contribution is 6.51. The molecule has 2 unspecified atom stereocenters. The average molecular weight is 424 g/mol. The van der Waals surface area contributed by atoms with Crippen molar-refractivity contribution in [3.8, 4) is 0 Å². The predicted octanol–water partition coefficient (Wildman–Crippen LogP) is 5.45. The maximum absolute atomic E-state index is 13.7. The van der Waals surface area contributed by atoms with Gasteiger partial charge in [0.05, 0.1) is 5.69 Å². The summed E-state index contributed by atoms with van der Waals surface area (Å²) in [4.78, 5) is 27.3. The molecule has 5 nitrogen and oxygen atoms in total. The van der Waals surface area contributed by atoms with Crippen LogP contribution in [-0.4, -0.2) is 17.4 Å². The van der Waals surface area contributed by atoms with Gasteiger partial charge in [0.25, 0.3) is 0 Å². The van der Waals surface area contributed by atoms with E-state index in [2.05, 4.69) is 15.8 Å². The van der Waals surface area contributed by atoms with Crippen LogP contribution < -0.4 is 10.7 Å². The van der Waals surface area contributed by atoms with Crippen molar-refractivity contribution < 1.29 is 9.59 Å². The van der Waals surface area contributed by atoms with Crippen molar-refractivity contribution in [1.29, 1.82) is 0 Å². The number of rotatable bonds is 4. The summed E-state index contributed by atoms with van der Waals surface area (Å²) in [5.41, 5.74) is 3.55. The molecule has 0 spiro atoms. The Hall–Kier alpha value is -2.66. The van der Waals surface area contributed by atoms with Crippen molar-refractivity contribution in [1.82, 2.24) is 0 Å². The van der Waals surface area contributed by atoms with E-state index in [1.165, 1.54) is 0 Å². The van der Waals surface area contributed by atoms with Crippen molar-refractivity contribution in [3.05, 3.63) is 59.1 Å². The van der Waals surface area contributed by atoms with Crippen molar-refractivity contribution in [2.24, 2.45) is 21.3 Å². The fourth-order valence-electron chi connectivity index (χ4n) is 5.06. The molecule has 6 heteroatoms. The maximum Gasteiger partial charge on any atom is 0.239 e. The molecule has 2 atom stereocenters. The van der Waals surface area contributed by atoms with E-state index in [0.717, 1.165) is 17.7 Å². The molecule has 1 amide bonds. The van der Waals surface area contributed by atoms with Crippen molar-refractivity contribution >= 4 is 40.4 Å². The first-order valence-electron chi connectivity index (χ1n) is 10.2. The van der Waals surface area contributed by atoms with E-state index in [-0.39, 0.29) is 11.7 Å². The fraction of sp³-hybridized carbons (Fsp3) is 0.375. The molecule has 2 bridgehead atoms. The van der Waals surface area contributed by atoms with Crippen LogP contribution in [0.15, 0.2) is 53.6 Å². The highest BCUT2D eigenvalue weighted by Gasteiger charge is 2.76. The molecule has 2 aromatic carbocycles. The number of carbonyl (C=O) groups excluding carboxylic acids is 2. The number of para-hydroxylation sites is 1. The molecule has 0 heterocycles. The number of ketones is 1. The monoisotopic (exact) mass is 423 g/mol. The molecule has 2 aliphatic rings. The third kappa shape index (κ3) is 2.72. The Labute approximate surface area is 181 Å². The lowest BCUT2D eigenvalue weighted by atomic mass is 9.64. The molecule has 0 saturated heterocycles. The summed E-state index contributed by atoms with van der Waals surface area (Å²) in [5, 5.41) is 8.03. The zero-order valence-corrected chi connectivity index (χ0v) is 18.4. The minimum Gasteiger partial charge on any atom is -0.325 e. The molecule has 2 aliphatic carbocycles. The number of benzene rings is 2. The van der Waals surface area contributed by atoms with Gasteiger partial charge in [-0.15, -0.1) is 0 Å². The Morgan fingerprint density at radius 2 is 1.77 bits per heavy atom. The molecule has 2 fully saturated rings. The maximum atomic E-state index is 13.7. The molecule has 30 heavy (non-hydrogen) atoms. The molecule has 2 N–H and O–H groups in total. The third-order valence-corrected chi connectivity index (χ3v) is 7.71. The number of aryl methyl sites for hydroxylation is 1. The number of hydrazone groups is 1. The van der Waals surface area contributed by atoms with Gasteiger partial charge in [-0.05, 0) is 55.0 Å². The second-order valence-electron chi connectivity index (χ2n) is 9.04. The highest BCUT2D eigenvalue weighted by atomic mass is 35.5. The van der Waals surface area contributed by atoms with Crippen LogP contribution in [0.25, 0.3) is 0 Å². The van der Waals surface area contributed by atoms with Gasteiger partial charge in [0.2, 0.25) is 5.91 Å². The highest BCUT2D eigenvalue weighted by Crippen LogP contribution is 2.69. The number of hydrogen-bond donors (Lipinski definition) is 2. The van der Waals surface area contributed by atoms with Crippen LogP contribution in [0.4, 0.5) is 11.4 Å². The molecule has 0 aromatic heterocycles. The number of carbonyl (C=O) groups is 2. The summed E-state index contributed by atoms with van der Waals surface area (Å²) in [6, 6.07) is 14.9. The van der Waals surface area contributed by atoms with Crippen LogP contribution in [0.5, 0.6) is 0 Å². The van der Waals surface area contributed by atoms with Gasteiger partial charge >= 0.3 is 0 Å². The Bertz CT molecular complexity index is 1060. The van der Waals surface area contributed by atoms with Crippen molar-refractivity contribution in [3.63, 3.8) is 0 Å². The van der Waals surface area contributed by atoms with Crippen LogP contribution in [0, 0.1) is 23.2 Å². The number of Topliss-reactive ketones (excluding diaryl/α,β-unsaturated/α-hetero) is 1. The van der Waals surface area contributed by atoms with E-state index in [0.29, 0.717) is 22.8 Å². The Morgan fingerprint density at radius 1 is 1.07 bits per heavy atom. The standard InChI is InChI=1S/C24H26ClN3O2/c1-15-10-11-16(25)14-18(15)26-21(30)24-13-12-23(4,22(24,2)3)19(20(24)29)28-27-17-8-6-5-7-9-17/h5-11,14,27H,12-13H2,1-4H3,(H,26,30). The number of nitrogens with one attached hydrogen (secondary N) is 2. The predicted molar refractivity (Wildman–Crippen MR) is 121 cm³/mol. The number of hydrogen-bond acceptors (Lipinski definition) is 4. The van der Waals surface area contributed by atoms with Crippen LogP contribution in [0.1, 0.15) is 39.2 Å². The number of anilines is 2. The van der Waals surface area contributed by atoms with Gasteiger partial charge in [-0.2, -0.15) is 5.10 Å². The second kappa shape index (κ2) is 6.95. The summed E-state index contributed by atoms with van der Waals surface area (Å²) < 4.78 is 0. The van der Waals surface area contributed by atoms with Crippen LogP contribution in [0.3, 0.4) is 0 Å². The van der Waals surface area contributed by atoms with Gasteiger partial charge < -0.3 is 5.32 Å². The molecular weight excluding hydrogens is 398 g/mol. The first-order valence-corrected chi connectivity index (χ1v) is 10.5. The van der Waals surface area contributed by atoms with E-state index in [1.54, 1.807) is 12.1 Å². The first kappa shape index (κ1) is 20.6. The van der Waals surface area contributed by atoms with Gasteiger partial charge in [0, 0.05) is 16.1 Å². The lowest BCUT2D eigenvalue weighted by Crippen LogP contribution is -2.47. The lowest BCUT2D eigenvalue weighted by Gasteiger charge is -2.37. The van der Waals surface area contributed by atoms with Crippen molar-refractivity contribution in [2.45, 2.75) is 40.5 Å². The van der Waals surface area contributed by atoms with E-state index in [1.807, 2.05) is 64.1 Å². The smallest absolute Gasteiger partial charge is 0.239 e. The Kier molecular flexibility index (Phi) is 4.77. The molecule has 2 saturated carbocycles. The number of fused-ring (bicyclic) bond motifs is 2. The van der Waals surface area contributed by atoms with E-state index >= 15 is 0 Å². The number of nitrogens with zero attached hydrogens (tertiary/aromatic N) is 1. The molecular formula is C24H26ClN3O2. The second-order valence-corrected chi connectivity index (χ2v) is 9.48. The van der Waals surface area contributed by atoms with Crippen molar-refractivity contribution in [2.75, 3.05) is 10.7 Å². The number of amides is 1. The molecule has 0 aliphatic heterocycles. The summed E-state index contributed by atoms with van der Waals surface area (Å²) in [7, 11) is 0. The van der Waals surface area contributed by atoms with Gasteiger partial charge in [0.1, 0.15) is 11.1 Å². The normalized spacial score (nSPS) is 28.0.